The monoisotopic (exact) mass is 258 g/mol. The minimum absolute atomic E-state index is 0.210. The second kappa shape index (κ2) is 5.91. The van der Waals surface area contributed by atoms with Crippen LogP contribution in [0.25, 0.3) is 0 Å². The van der Waals surface area contributed by atoms with Crippen LogP contribution in [0.4, 0.5) is 4.39 Å². The summed E-state index contributed by atoms with van der Waals surface area (Å²) in [5, 5.41) is 0. The van der Waals surface area contributed by atoms with Crippen LogP contribution >= 0.6 is 0 Å². The average Bonchev–Trinajstić information content (AvgIpc) is 2.46. The highest BCUT2D eigenvalue weighted by atomic mass is 19.1. The number of hydrogen-bond acceptors (Lipinski definition) is 3. The minimum atomic E-state index is -0.649. The fraction of sp³-hybridized carbons (Fsp3) is 0.0667. The van der Waals surface area contributed by atoms with Gasteiger partial charge in [-0.3, -0.25) is 4.79 Å². The molecule has 96 valence electrons. The van der Waals surface area contributed by atoms with Crippen molar-refractivity contribution in [1.29, 1.82) is 0 Å². The molecule has 4 heteroatoms. The molecular formula is C15H11FO3. The second-order valence-corrected chi connectivity index (χ2v) is 3.87. The lowest BCUT2D eigenvalue weighted by atomic mass is 10.1. The highest BCUT2D eigenvalue weighted by Gasteiger charge is 2.11. The highest BCUT2D eigenvalue weighted by Crippen LogP contribution is 2.06. The average molecular weight is 258 g/mol. The zero-order chi connectivity index (χ0) is 13.7. The van der Waals surface area contributed by atoms with Gasteiger partial charge >= 0.3 is 5.97 Å². The van der Waals surface area contributed by atoms with E-state index in [1.807, 2.05) is 0 Å². The Labute approximate surface area is 109 Å². The molecular weight excluding hydrogens is 247 g/mol. The van der Waals surface area contributed by atoms with E-state index < -0.39 is 11.8 Å². The van der Waals surface area contributed by atoms with Crippen LogP contribution in [0.2, 0.25) is 0 Å². The number of carbonyl (C=O) groups is 2. The van der Waals surface area contributed by atoms with Crippen LogP contribution < -0.4 is 0 Å². The Morgan fingerprint density at radius 1 is 0.895 bits per heavy atom. The lowest BCUT2D eigenvalue weighted by molar-refractivity contribution is 0.0474. The predicted molar refractivity (Wildman–Crippen MR) is 67.5 cm³/mol. The number of carbonyl (C=O) groups excluding carboxylic acids is 2. The van der Waals surface area contributed by atoms with Crippen molar-refractivity contribution in [3.63, 3.8) is 0 Å². The lowest BCUT2D eigenvalue weighted by Gasteiger charge is -2.04. The van der Waals surface area contributed by atoms with Gasteiger partial charge in [0, 0.05) is 5.56 Å². The van der Waals surface area contributed by atoms with Crippen LogP contribution in [0, 0.1) is 5.82 Å². The highest BCUT2D eigenvalue weighted by molar-refractivity contribution is 5.99. The zero-order valence-corrected chi connectivity index (χ0v) is 10.0. The molecule has 0 saturated carbocycles. The van der Waals surface area contributed by atoms with E-state index >= 15 is 0 Å². The Balaban J connectivity index is 1.94. The van der Waals surface area contributed by atoms with E-state index in [9.17, 15) is 14.0 Å². The number of halogens is 1. The normalized spacial score (nSPS) is 9.95. The molecule has 0 radical (unpaired) electrons. The van der Waals surface area contributed by atoms with E-state index in [1.165, 1.54) is 12.1 Å². The number of ketones is 1. The van der Waals surface area contributed by atoms with Crippen LogP contribution in [0.15, 0.2) is 54.6 Å². The van der Waals surface area contributed by atoms with Crippen molar-refractivity contribution in [3.8, 4) is 0 Å². The first kappa shape index (κ1) is 13.0. The van der Waals surface area contributed by atoms with E-state index in [1.54, 1.807) is 30.3 Å². The lowest BCUT2D eigenvalue weighted by Crippen LogP contribution is -2.14. The molecule has 0 aromatic heterocycles. The molecule has 0 saturated heterocycles. The molecule has 0 atom stereocenters. The summed E-state index contributed by atoms with van der Waals surface area (Å²) < 4.78 is 17.6. The van der Waals surface area contributed by atoms with Crippen molar-refractivity contribution >= 4 is 11.8 Å². The van der Waals surface area contributed by atoms with Gasteiger partial charge in [-0.1, -0.05) is 30.3 Å². The largest absolute Gasteiger partial charge is 0.454 e. The number of hydrogen-bond donors (Lipinski definition) is 0. The molecule has 0 bridgehead atoms. The molecule has 0 aliphatic heterocycles. The Kier molecular flexibility index (Phi) is 4.03. The third-order valence-corrected chi connectivity index (χ3v) is 2.51. The second-order valence-electron chi connectivity index (χ2n) is 3.87. The molecule has 2 aromatic carbocycles. The molecule has 0 amide bonds. The maximum atomic E-state index is 12.7. The van der Waals surface area contributed by atoms with Crippen LogP contribution in [-0.4, -0.2) is 18.4 Å². The van der Waals surface area contributed by atoms with Gasteiger partial charge < -0.3 is 4.74 Å². The van der Waals surface area contributed by atoms with E-state index in [-0.39, 0.29) is 18.0 Å². The quantitative estimate of drug-likeness (QED) is 0.625. The first-order chi connectivity index (χ1) is 9.16. The molecule has 0 heterocycles. The SMILES string of the molecule is O=C(COC(=O)c1ccc(F)cc1)c1ccccc1. The van der Waals surface area contributed by atoms with Gasteiger partial charge in [0.1, 0.15) is 5.82 Å². The number of ether oxygens (including phenoxy) is 1. The molecule has 0 N–H and O–H groups in total. The van der Waals surface area contributed by atoms with Crippen LogP contribution in [0.1, 0.15) is 20.7 Å². The minimum Gasteiger partial charge on any atom is -0.454 e. The van der Waals surface area contributed by atoms with Crippen LogP contribution in [0.5, 0.6) is 0 Å². The number of esters is 1. The van der Waals surface area contributed by atoms with Crippen molar-refractivity contribution in [3.05, 3.63) is 71.5 Å². The smallest absolute Gasteiger partial charge is 0.338 e. The van der Waals surface area contributed by atoms with Crippen molar-refractivity contribution in [1.82, 2.24) is 0 Å². The summed E-state index contributed by atoms with van der Waals surface area (Å²) in [5.41, 5.74) is 0.691. The first-order valence-corrected chi connectivity index (χ1v) is 5.68. The molecule has 0 aliphatic rings. The summed E-state index contributed by atoms with van der Waals surface area (Å²) in [6.45, 7) is -0.333. The summed E-state index contributed by atoms with van der Waals surface area (Å²) in [6.07, 6.45) is 0. The summed E-state index contributed by atoms with van der Waals surface area (Å²) in [7, 11) is 0. The van der Waals surface area contributed by atoms with Gasteiger partial charge in [0.05, 0.1) is 5.56 Å². The summed E-state index contributed by atoms with van der Waals surface area (Å²) in [5.74, 6) is -1.36. The first-order valence-electron chi connectivity index (χ1n) is 5.68. The summed E-state index contributed by atoms with van der Waals surface area (Å²) in [4.78, 5) is 23.3. The summed E-state index contributed by atoms with van der Waals surface area (Å²) >= 11 is 0. The van der Waals surface area contributed by atoms with Gasteiger partial charge in [0.25, 0.3) is 0 Å². The molecule has 0 fully saturated rings. The van der Waals surface area contributed by atoms with Crippen molar-refractivity contribution in [2.75, 3.05) is 6.61 Å². The van der Waals surface area contributed by atoms with Crippen molar-refractivity contribution in [2.24, 2.45) is 0 Å². The van der Waals surface area contributed by atoms with Crippen LogP contribution in [-0.2, 0) is 4.74 Å². The standard InChI is InChI=1S/C15H11FO3/c16-13-8-6-12(7-9-13)15(18)19-10-14(17)11-4-2-1-3-5-11/h1-9H,10H2. The van der Waals surface area contributed by atoms with Gasteiger partial charge in [-0.25, -0.2) is 9.18 Å². The fourth-order valence-corrected chi connectivity index (χ4v) is 1.51. The molecule has 2 rings (SSSR count). The Bertz CT molecular complexity index is 576. The molecule has 19 heavy (non-hydrogen) atoms. The Morgan fingerprint density at radius 2 is 1.53 bits per heavy atom. The third-order valence-electron chi connectivity index (χ3n) is 2.51. The number of benzene rings is 2. The van der Waals surface area contributed by atoms with Crippen LogP contribution in [0.3, 0.4) is 0 Å². The van der Waals surface area contributed by atoms with Gasteiger partial charge in [-0.05, 0) is 24.3 Å². The van der Waals surface area contributed by atoms with Gasteiger partial charge in [-0.15, -0.1) is 0 Å². The predicted octanol–water partition coefficient (Wildman–Crippen LogP) is 2.87. The molecule has 3 nitrogen and oxygen atoms in total. The fourth-order valence-electron chi connectivity index (χ4n) is 1.51. The zero-order valence-electron chi connectivity index (χ0n) is 10.0. The van der Waals surface area contributed by atoms with E-state index in [0.29, 0.717) is 5.56 Å². The maximum Gasteiger partial charge on any atom is 0.338 e. The molecule has 2 aromatic rings. The number of rotatable bonds is 4. The Morgan fingerprint density at radius 3 is 2.16 bits per heavy atom. The third kappa shape index (κ3) is 3.48. The maximum absolute atomic E-state index is 12.7. The molecule has 0 spiro atoms. The van der Waals surface area contributed by atoms with E-state index in [2.05, 4.69) is 0 Å². The van der Waals surface area contributed by atoms with Crippen molar-refractivity contribution in [2.45, 2.75) is 0 Å². The van der Waals surface area contributed by atoms with E-state index in [4.69, 9.17) is 4.74 Å². The van der Waals surface area contributed by atoms with Gasteiger partial charge in [0.2, 0.25) is 0 Å². The Hall–Kier alpha value is -2.49. The van der Waals surface area contributed by atoms with Gasteiger partial charge in [-0.2, -0.15) is 0 Å². The molecule has 0 unspecified atom stereocenters. The summed E-state index contributed by atoms with van der Waals surface area (Å²) in [6, 6.07) is 13.5. The van der Waals surface area contributed by atoms with E-state index in [0.717, 1.165) is 12.1 Å². The van der Waals surface area contributed by atoms with Crippen molar-refractivity contribution < 1.29 is 18.7 Å². The topological polar surface area (TPSA) is 43.4 Å². The number of Topliss-reactive ketones (excluding diaryl/α,β-unsaturated/α-hetero) is 1. The van der Waals surface area contributed by atoms with Gasteiger partial charge in [0.15, 0.2) is 12.4 Å². The molecule has 0 aliphatic carbocycles.